The Labute approximate surface area is 96.6 Å². The van der Waals surface area contributed by atoms with Crippen LogP contribution in [0, 0.1) is 0 Å². The fourth-order valence-corrected chi connectivity index (χ4v) is 0.906. The lowest BCUT2D eigenvalue weighted by Gasteiger charge is -2.11. The second-order valence-corrected chi connectivity index (χ2v) is 2.95. The first-order chi connectivity index (χ1) is 8.02. The Morgan fingerprint density at radius 2 is 1.12 bits per heavy atom. The minimum Gasteiger partial charge on any atom is -0.455 e. The Hall–Kier alpha value is -1.08. The monoisotopic (exact) mass is 258 g/mol. The largest absolute Gasteiger partial charge is 0.455 e. The van der Waals surface area contributed by atoms with Crippen LogP contribution >= 0.6 is 0 Å². The smallest absolute Gasteiger partial charge is 0.308 e. The van der Waals surface area contributed by atoms with Gasteiger partial charge in [0.25, 0.3) is 0 Å². The van der Waals surface area contributed by atoms with Gasteiger partial charge in [-0.05, 0) is 0 Å². The molecule has 0 heterocycles. The van der Waals surface area contributed by atoms with E-state index in [1.165, 1.54) is 14.2 Å². The molecule has 17 heavy (non-hydrogen) atoms. The van der Waals surface area contributed by atoms with Gasteiger partial charge in [-0.15, -0.1) is 0 Å². The first-order valence-corrected chi connectivity index (χ1v) is 4.77. The summed E-state index contributed by atoms with van der Waals surface area (Å²) in [5, 5.41) is 0. The fourth-order valence-electron chi connectivity index (χ4n) is 0.906. The molecule has 0 saturated carbocycles. The predicted molar refractivity (Wildman–Crippen MR) is 52.6 cm³/mol. The summed E-state index contributed by atoms with van der Waals surface area (Å²) in [4.78, 5) is 0. The summed E-state index contributed by atoms with van der Waals surface area (Å²) < 4.78 is 63.1. The summed E-state index contributed by atoms with van der Waals surface area (Å²) in [6, 6.07) is 0. The second-order valence-electron chi connectivity index (χ2n) is 2.95. The first-order valence-electron chi connectivity index (χ1n) is 4.77. The van der Waals surface area contributed by atoms with E-state index in [0.717, 1.165) is 0 Å². The van der Waals surface area contributed by atoms with Crippen LogP contribution < -0.4 is 0 Å². The first kappa shape index (κ1) is 15.9. The summed E-state index contributed by atoms with van der Waals surface area (Å²) in [5.74, 6) is -1.63. The molecule has 0 aromatic rings. The van der Waals surface area contributed by atoms with Gasteiger partial charge >= 0.3 is 12.2 Å². The minimum absolute atomic E-state index is 0.0435. The molecule has 0 aliphatic carbocycles. The third kappa shape index (κ3) is 6.96. The zero-order chi connectivity index (χ0) is 13.3. The van der Waals surface area contributed by atoms with Gasteiger partial charge in [-0.1, -0.05) is 0 Å². The maximum absolute atomic E-state index is 12.4. The fraction of sp³-hybridized carbons (Fsp3) is 0.600. The second kappa shape index (κ2) is 9.00. The van der Waals surface area contributed by atoms with Gasteiger partial charge in [0.05, 0.1) is 13.2 Å². The molecule has 0 aromatic heterocycles. The summed E-state index contributed by atoms with van der Waals surface area (Å²) in [6.45, 7) is -0.0870. The maximum Gasteiger partial charge on any atom is 0.308 e. The molecule has 0 aliphatic heterocycles. The zero-order valence-corrected chi connectivity index (χ0v) is 9.57. The Kier molecular flexibility index (Phi) is 8.43. The van der Waals surface area contributed by atoms with Crippen molar-refractivity contribution in [2.24, 2.45) is 0 Å². The zero-order valence-electron chi connectivity index (χ0n) is 9.57. The summed E-state index contributed by atoms with van der Waals surface area (Å²) in [7, 11) is 2.62. The van der Waals surface area contributed by atoms with E-state index in [4.69, 9.17) is 0 Å². The molecule has 0 spiro atoms. The van der Waals surface area contributed by atoms with Crippen molar-refractivity contribution in [2.75, 3.05) is 27.4 Å². The van der Waals surface area contributed by atoms with Crippen LogP contribution in [0.1, 0.15) is 12.8 Å². The lowest BCUT2D eigenvalue weighted by molar-refractivity contribution is 0.142. The lowest BCUT2D eigenvalue weighted by atomic mass is 10.3. The third-order valence-electron chi connectivity index (χ3n) is 1.73. The molecule has 0 amide bonds. The number of ether oxygens (including phenoxy) is 3. The van der Waals surface area contributed by atoms with Crippen LogP contribution in [-0.2, 0) is 14.2 Å². The van der Waals surface area contributed by atoms with Crippen molar-refractivity contribution < 1.29 is 31.8 Å². The predicted octanol–water partition coefficient (Wildman–Crippen LogP) is 3.29. The van der Waals surface area contributed by atoms with Gasteiger partial charge < -0.3 is 14.2 Å². The Balaban J connectivity index is 4.60. The SMILES string of the molecule is COCCC(OC(CCOC)=C(F)F)=C(F)F. The molecule has 7 heteroatoms. The number of rotatable bonds is 8. The normalized spacial score (nSPS) is 10.0. The number of methoxy groups -OCH3 is 2. The molecule has 0 atom stereocenters. The molecule has 0 N–H and O–H groups in total. The van der Waals surface area contributed by atoms with Crippen LogP contribution in [0.4, 0.5) is 17.6 Å². The van der Waals surface area contributed by atoms with Crippen LogP contribution in [0.25, 0.3) is 0 Å². The molecular formula is C10H14F4O3. The van der Waals surface area contributed by atoms with Gasteiger partial charge in [-0.3, -0.25) is 0 Å². The number of halogens is 4. The van der Waals surface area contributed by atoms with Crippen molar-refractivity contribution in [2.45, 2.75) is 12.8 Å². The molecule has 0 radical (unpaired) electrons. The maximum atomic E-state index is 12.4. The lowest BCUT2D eigenvalue weighted by Crippen LogP contribution is -2.02. The van der Waals surface area contributed by atoms with E-state index in [2.05, 4.69) is 14.2 Å². The molecule has 0 saturated heterocycles. The van der Waals surface area contributed by atoms with Crippen molar-refractivity contribution in [3.63, 3.8) is 0 Å². The third-order valence-corrected chi connectivity index (χ3v) is 1.73. The van der Waals surface area contributed by atoms with E-state index in [1.54, 1.807) is 0 Å². The Morgan fingerprint density at radius 3 is 1.35 bits per heavy atom. The Morgan fingerprint density at radius 1 is 0.765 bits per heavy atom. The standard InChI is InChI=1S/C10H14F4O3/c1-15-5-3-7(9(11)12)17-8(10(13)14)4-6-16-2/h3-6H2,1-2H3. The molecule has 0 rings (SSSR count). The molecule has 0 aromatic carbocycles. The van der Waals surface area contributed by atoms with Crippen molar-refractivity contribution in [3.05, 3.63) is 23.7 Å². The Bertz CT molecular complexity index is 253. The van der Waals surface area contributed by atoms with E-state index in [-0.39, 0.29) is 26.1 Å². The summed E-state index contributed by atoms with van der Waals surface area (Å²) in [6.07, 6.45) is -4.83. The van der Waals surface area contributed by atoms with Crippen molar-refractivity contribution in [1.29, 1.82) is 0 Å². The molecule has 100 valence electrons. The number of hydrogen-bond acceptors (Lipinski definition) is 3. The van der Waals surface area contributed by atoms with Crippen LogP contribution in [0.3, 0.4) is 0 Å². The molecule has 0 bridgehead atoms. The van der Waals surface area contributed by atoms with Gasteiger partial charge in [0.1, 0.15) is 0 Å². The average Bonchev–Trinajstić information content (AvgIpc) is 2.27. The molecule has 0 unspecified atom stereocenters. The van der Waals surface area contributed by atoms with Crippen molar-refractivity contribution >= 4 is 0 Å². The minimum atomic E-state index is -2.14. The topological polar surface area (TPSA) is 27.7 Å². The van der Waals surface area contributed by atoms with Gasteiger partial charge in [0.15, 0.2) is 11.5 Å². The van der Waals surface area contributed by atoms with Gasteiger partial charge in [-0.25, -0.2) is 0 Å². The number of hydrogen-bond donors (Lipinski definition) is 0. The molecule has 0 fully saturated rings. The highest BCUT2D eigenvalue weighted by atomic mass is 19.3. The van der Waals surface area contributed by atoms with Crippen LogP contribution in [0.5, 0.6) is 0 Å². The van der Waals surface area contributed by atoms with Crippen LogP contribution in [0.15, 0.2) is 23.7 Å². The van der Waals surface area contributed by atoms with Crippen LogP contribution in [0.2, 0.25) is 0 Å². The van der Waals surface area contributed by atoms with Crippen LogP contribution in [-0.4, -0.2) is 27.4 Å². The van der Waals surface area contributed by atoms with Gasteiger partial charge in [-0.2, -0.15) is 17.6 Å². The average molecular weight is 258 g/mol. The van der Waals surface area contributed by atoms with E-state index in [0.29, 0.717) is 0 Å². The molecule has 0 aliphatic rings. The van der Waals surface area contributed by atoms with E-state index >= 15 is 0 Å². The van der Waals surface area contributed by atoms with E-state index in [9.17, 15) is 17.6 Å². The van der Waals surface area contributed by atoms with E-state index < -0.39 is 23.7 Å². The summed E-state index contributed by atoms with van der Waals surface area (Å²) in [5.41, 5.74) is 0. The highest BCUT2D eigenvalue weighted by molar-refractivity contribution is 5.03. The summed E-state index contributed by atoms with van der Waals surface area (Å²) >= 11 is 0. The highest BCUT2D eigenvalue weighted by Gasteiger charge is 2.15. The molecule has 3 nitrogen and oxygen atoms in total. The molecular weight excluding hydrogens is 244 g/mol. The van der Waals surface area contributed by atoms with E-state index in [1.807, 2.05) is 0 Å². The van der Waals surface area contributed by atoms with Crippen molar-refractivity contribution in [1.82, 2.24) is 0 Å². The van der Waals surface area contributed by atoms with Gasteiger partial charge in [0.2, 0.25) is 0 Å². The quantitative estimate of drug-likeness (QED) is 0.494. The van der Waals surface area contributed by atoms with Gasteiger partial charge in [0, 0.05) is 27.1 Å². The van der Waals surface area contributed by atoms with Crippen molar-refractivity contribution in [3.8, 4) is 0 Å². The highest BCUT2D eigenvalue weighted by Crippen LogP contribution is 2.22.